The van der Waals surface area contributed by atoms with Crippen molar-refractivity contribution in [3.05, 3.63) is 35.4 Å². The molecule has 0 aliphatic heterocycles. The Balaban J connectivity index is 3.12. The molecule has 0 saturated heterocycles. The van der Waals surface area contributed by atoms with E-state index in [1.54, 1.807) is 0 Å². The number of carbonyl (C=O) groups is 1. The van der Waals surface area contributed by atoms with Crippen molar-refractivity contribution >= 4 is 5.97 Å². The van der Waals surface area contributed by atoms with Crippen molar-refractivity contribution in [3.63, 3.8) is 0 Å². The lowest BCUT2D eigenvalue weighted by atomic mass is 9.86. The molecule has 4 nitrogen and oxygen atoms in total. The molecule has 0 saturated carbocycles. The van der Waals surface area contributed by atoms with Crippen LogP contribution in [0.2, 0.25) is 0 Å². The Kier molecular flexibility index (Phi) is 4.66. The standard InChI is InChI=1S/C13H19NO3/c1-3-13(12(16)17,14-8-9-15)11-6-4-10(2)5-7-11/h4-7,14-15H,3,8-9H2,1-2H3,(H,16,17). The van der Waals surface area contributed by atoms with E-state index in [2.05, 4.69) is 5.32 Å². The van der Waals surface area contributed by atoms with Crippen molar-refractivity contribution in [3.8, 4) is 0 Å². The number of hydrogen-bond donors (Lipinski definition) is 3. The second kappa shape index (κ2) is 5.80. The van der Waals surface area contributed by atoms with Gasteiger partial charge >= 0.3 is 5.97 Å². The van der Waals surface area contributed by atoms with Crippen LogP contribution in [0, 0.1) is 6.92 Å². The van der Waals surface area contributed by atoms with Crippen molar-refractivity contribution < 1.29 is 15.0 Å². The van der Waals surface area contributed by atoms with Gasteiger partial charge in [-0.05, 0) is 18.9 Å². The second-order valence-electron chi connectivity index (χ2n) is 4.08. The van der Waals surface area contributed by atoms with Gasteiger partial charge in [0.05, 0.1) is 6.61 Å². The zero-order valence-electron chi connectivity index (χ0n) is 10.2. The summed E-state index contributed by atoms with van der Waals surface area (Å²) >= 11 is 0. The molecule has 0 aliphatic carbocycles. The van der Waals surface area contributed by atoms with Crippen molar-refractivity contribution in [2.75, 3.05) is 13.2 Å². The van der Waals surface area contributed by atoms with Gasteiger partial charge in [0.25, 0.3) is 0 Å². The zero-order valence-corrected chi connectivity index (χ0v) is 10.2. The highest BCUT2D eigenvalue weighted by atomic mass is 16.4. The summed E-state index contributed by atoms with van der Waals surface area (Å²) in [5, 5.41) is 21.2. The summed E-state index contributed by atoms with van der Waals surface area (Å²) in [5.74, 6) is -0.919. The monoisotopic (exact) mass is 237 g/mol. The van der Waals surface area contributed by atoms with Gasteiger partial charge in [-0.25, -0.2) is 4.79 Å². The number of rotatable bonds is 6. The third-order valence-corrected chi connectivity index (χ3v) is 2.98. The Morgan fingerprint density at radius 1 is 1.35 bits per heavy atom. The van der Waals surface area contributed by atoms with Gasteiger partial charge in [-0.1, -0.05) is 36.8 Å². The third-order valence-electron chi connectivity index (χ3n) is 2.98. The Morgan fingerprint density at radius 2 is 1.94 bits per heavy atom. The minimum atomic E-state index is -1.11. The van der Waals surface area contributed by atoms with E-state index in [0.29, 0.717) is 12.0 Å². The summed E-state index contributed by atoms with van der Waals surface area (Å²) in [6, 6.07) is 7.42. The zero-order chi connectivity index (χ0) is 12.9. The molecule has 1 atom stereocenters. The van der Waals surface area contributed by atoms with E-state index in [1.165, 1.54) is 0 Å². The maximum Gasteiger partial charge on any atom is 0.328 e. The summed E-state index contributed by atoms with van der Waals surface area (Å²) in [6.07, 6.45) is 0.422. The van der Waals surface area contributed by atoms with Crippen LogP contribution in [0.4, 0.5) is 0 Å². The number of nitrogens with one attached hydrogen (secondary N) is 1. The summed E-state index contributed by atoms with van der Waals surface area (Å²) in [5.41, 5.74) is 0.689. The first-order valence-corrected chi connectivity index (χ1v) is 5.73. The van der Waals surface area contributed by atoms with E-state index in [-0.39, 0.29) is 13.2 Å². The minimum absolute atomic E-state index is 0.0824. The molecular formula is C13H19NO3. The molecule has 1 aromatic rings. The largest absolute Gasteiger partial charge is 0.480 e. The molecule has 94 valence electrons. The molecule has 0 radical (unpaired) electrons. The number of aryl methyl sites for hydroxylation is 1. The van der Waals surface area contributed by atoms with E-state index in [9.17, 15) is 9.90 Å². The van der Waals surface area contributed by atoms with E-state index < -0.39 is 11.5 Å². The molecule has 1 rings (SSSR count). The van der Waals surface area contributed by atoms with Crippen LogP contribution in [0.15, 0.2) is 24.3 Å². The Labute approximate surface area is 101 Å². The number of benzene rings is 1. The van der Waals surface area contributed by atoms with Gasteiger partial charge in [-0.3, -0.25) is 5.32 Å². The van der Waals surface area contributed by atoms with Crippen molar-refractivity contribution in [1.29, 1.82) is 0 Å². The number of carboxylic acid groups (broad SMARTS) is 1. The maximum absolute atomic E-state index is 11.5. The molecule has 0 bridgehead atoms. The molecule has 17 heavy (non-hydrogen) atoms. The van der Waals surface area contributed by atoms with Crippen LogP contribution in [0.1, 0.15) is 24.5 Å². The molecule has 0 aromatic heterocycles. The molecular weight excluding hydrogens is 218 g/mol. The van der Waals surface area contributed by atoms with E-state index in [4.69, 9.17) is 5.11 Å². The SMILES string of the molecule is CCC(NCCO)(C(=O)O)c1ccc(C)cc1. The smallest absolute Gasteiger partial charge is 0.328 e. The van der Waals surface area contributed by atoms with Gasteiger partial charge in [0.1, 0.15) is 5.54 Å². The molecule has 3 N–H and O–H groups in total. The lowest BCUT2D eigenvalue weighted by Gasteiger charge is -2.30. The normalized spacial score (nSPS) is 14.3. The van der Waals surface area contributed by atoms with Crippen molar-refractivity contribution in [2.24, 2.45) is 0 Å². The Morgan fingerprint density at radius 3 is 2.35 bits per heavy atom. The van der Waals surface area contributed by atoms with E-state index in [0.717, 1.165) is 5.56 Å². The number of carboxylic acids is 1. The third kappa shape index (κ3) is 2.84. The fourth-order valence-electron chi connectivity index (χ4n) is 1.89. The van der Waals surface area contributed by atoms with Gasteiger partial charge < -0.3 is 10.2 Å². The van der Waals surface area contributed by atoms with Gasteiger partial charge in [-0.2, -0.15) is 0 Å². The molecule has 0 fully saturated rings. The fourth-order valence-corrected chi connectivity index (χ4v) is 1.89. The van der Waals surface area contributed by atoms with Crippen LogP contribution in [-0.4, -0.2) is 29.3 Å². The highest BCUT2D eigenvalue weighted by Gasteiger charge is 2.37. The molecule has 0 heterocycles. The predicted octanol–water partition coefficient (Wildman–Crippen LogP) is 1.27. The lowest BCUT2D eigenvalue weighted by molar-refractivity contribution is -0.145. The quantitative estimate of drug-likeness (QED) is 0.697. The lowest BCUT2D eigenvalue weighted by Crippen LogP contribution is -2.49. The van der Waals surface area contributed by atoms with Gasteiger partial charge in [0, 0.05) is 6.54 Å². The average molecular weight is 237 g/mol. The van der Waals surface area contributed by atoms with Crippen molar-refractivity contribution in [2.45, 2.75) is 25.8 Å². The van der Waals surface area contributed by atoms with Crippen LogP contribution < -0.4 is 5.32 Å². The van der Waals surface area contributed by atoms with E-state index >= 15 is 0 Å². The summed E-state index contributed by atoms with van der Waals surface area (Å²) in [7, 11) is 0. The van der Waals surface area contributed by atoms with Crippen LogP contribution in [-0.2, 0) is 10.3 Å². The molecule has 0 spiro atoms. The van der Waals surface area contributed by atoms with Crippen LogP contribution >= 0.6 is 0 Å². The van der Waals surface area contributed by atoms with E-state index in [1.807, 2.05) is 38.1 Å². The highest BCUT2D eigenvalue weighted by Crippen LogP contribution is 2.25. The molecule has 1 aromatic carbocycles. The first-order chi connectivity index (χ1) is 8.06. The molecule has 4 heteroatoms. The Hall–Kier alpha value is -1.39. The number of hydrogen-bond acceptors (Lipinski definition) is 3. The number of aliphatic hydroxyl groups excluding tert-OH is 1. The topological polar surface area (TPSA) is 69.6 Å². The fraction of sp³-hybridized carbons (Fsp3) is 0.462. The summed E-state index contributed by atoms with van der Waals surface area (Å²) in [6.45, 7) is 3.95. The summed E-state index contributed by atoms with van der Waals surface area (Å²) in [4.78, 5) is 11.5. The predicted molar refractivity (Wildman–Crippen MR) is 65.9 cm³/mol. The first kappa shape index (κ1) is 13.7. The molecule has 0 aliphatic rings. The van der Waals surface area contributed by atoms with Crippen LogP contribution in [0.5, 0.6) is 0 Å². The van der Waals surface area contributed by atoms with Crippen LogP contribution in [0.25, 0.3) is 0 Å². The number of aliphatic carboxylic acids is 1. The maximum atomic E-state index is 11.5. The number of aliphatic hydroxyl groups is 1. The minimum Gasteiger partial charge on any atom is -0.480 e. The average Bonchev–Trinajstić information content (AvgIpc) is 2.32. The molecule has 1 unspecified atom stereocenters. The second-order valence-corrected chi connectivity index (χ2v) is 4.08. The van der Waals surface area contributed by atoms with Gasteiger partial charge in [0.15, 0.2) is 0 Å². The molecule has 0 amide bonds. The van der Waals surface area contributed by atoms with Crippen LogP contribution in [0.3, 0.4) is 0 Å². The Bertz CT molecular complexity index is 375. The first-order valence-electron chi connectivity index (χ1n) is 5.73. The van der Waals surface area contributed by atoms with Crippen molar-refractivity contribution in [1.82, 2.24) is 5.32 Å². The van der Waals surface area contributed by atoms with Gasteiger partial charge in [0.2, 0.25) is 0 Å². The van der Waals surface area contributed by atoms with Gasteiger partial charge in [-0.15, -0.1) is 0 Å². The highest BCUT2D eigenvalue weighted by molar-refractivity contribution is 5.80. The summed E-state index contributed by atoms with van der Waals surface area (Å²) < 4.78 is 0.